The lowest BCUT2D eigenvalue weighted by Crippen LogP contribution is -2.50. The van der Waals surface area contributed by atoms with E-state index in [-0.39, 0.29) is 29.5 Å². The summed E-state index contributed by atoms with van der Waals surface area (Å²) >= 11 is 0. The Morgan fingerprint density at radius 1 is 1.35 bits per heavy atom. The zero-order valence-corrected chi connectivity index (χ0v) is 14.3. The Morgan fingerprint density at radius 3 is 2.74 bits per heavy atom. The lowest BCUT2D eigenvalue weighted by Gasteiger charge is -2.28. The molecule has 0 saturated carbocycles. The largest absolute Gasteiger partial charge is 0.351 e. The van der Waals surface area contributed by atoms with E-state index in [0.717, 1.165) is 31.5 Å². The summed E-state index contributed by atoms with van der Waals surface area (Å²) in [6.07, 6.45) is 6.17. The summed E-state index contributed by atoms with van der Waals surface area (Å²) in [6.45, 7) is 4.32. The van der Waals surface area contributed by atoms with E-state index >= 15 is 0 Å². The number of hydrogen-bond donors (Lipinski definition) is 1. The second-order valence-electron chi connectivity index (χ2n) is 6.59. The van der Waals surface area contributed by atoms with Gasteiger partial charge in [-0.2, -0.15) is 5.10 Å². The summed E-state index contributed by atoms with van der Waals surface area (Å²) in [5.74, 6) is 0.112. The Balaban J connectivity index is 1.57. The predicted molar refractivity (Wildman–Crippen MR) is 86.8 cm³/mol. The van der Waals surface area contributed by atoms with Gasteiger partial charge < -0.3 is 5.32 Å². The van der Waals surface area contributed by atoms with Crippen LogP contribution in [0.25, 0.3) is 0 Å². The lowest BCUT2D eigenvalue weighted by atomic mass is 10.1. The minimum absolute atomic E-state index is 0.0563. The third-order valence-corrected chi connectivity index (χ3v) is 6.33. The topological polar surface area (TPSA) is 84.3 Å². The van der Waals surface area contributed by atoms with Gasteiger partial charge in [0.2, 0.25) is 5.91 Å². The van der Waals surface area contributed by atoms with Crippen LogP contribution in [-0.2, 0) is 21.2 Å². The third kappa shape index (κ3) is 4.11. The highest BCUT2D eigenvalue weighted by atomic mass is 32.2. The maximum Gasteiger partial charge on any atom is 0.222 e. The number of amides is 1. The Labute approximate surface area is 137 Å². The molecule has 0 aromatic carbocycles. The number of hydrogen-bond acceptors (Lipinski definition) is 5. The number of rotatable bonds is 5. The smallest absolute Gasteiger partial charge is 0.222 e. The molecule has 2 aliphatic heterocycles. The van der Waals surface area contributed by atoms with Crippen LogP contribution in [0.15, 0.2) is 12.4 Å². The van der Waals surface area contributed by atoms with E-state index in [1.807, 2.05) is 13.1 Å². The molecule has 0 spiro atoms. The zero-order valence-electron chi connectivity index (χ0n) is 13.4. The van der Waals surface area contributed by atoms with Gasteiger partial charge in [0.25, 0.3) is 0 Å². The van der Waals surface area contributed by atoms with Gasteiger partial charge in [-0.25, -0.2) is 8.42 Å². The molecule has 0 aliphatic carbocycles. The second kappa shape index (κ2) is 6.60. The van der Waals surface area contributed by atoms with Gasteiger partial charge in [-0.15, -0.1) is 0 Å². The van der Waals surface area contributed by atoms with E-state index in [0.29, 0.717) is 13.0 Å². The van der Waals surface area contributed by atoms with Crippen LogP contribution in [0.3, 0.4) is 0 Å². The molecule has 1 aromatic heterocycles. The van der Waals surface area contributed by atoms with Crippen molar-refractivity contribution in [2.45, 2.75) is 44.8 Å². The number of sulfone groups is 1. The van der Waals surface area contributed by atoms with Crippen LogP contribution in [-0.4, -0.2) is 65.7 Å². The number of likely N-dealkylation sites (tertiary alicyclic amines) is 1. The molecule has 2 fully saturated rings. The zero-order chi connectivity index (χ0) is 16.4. The highest BCUT2D eigenvalue weighted by Gasteiger charge is 2.42. The van der Waals surface area contributed by atoms with Gasteiger partial charge in [0.1, 0.15) is 0 Å². The first-order valence-corrected chi connectivity index (χ1v) is 9.98. The van der Waals surface area contributed by atoms with E-state index in [4.69, 9.17) is 0 Å². The minimum Gasteiger partial charge on any atom is -0.351 e. The molecular formula is C15H24N4O3S. The Kier molecular flexibility index (Phi) is 4.72. The number of nitrogens with zero attached hydrogens (tertiary/aromatic N) is 3. The monoisotopic (exact) mass is 340 g/mol. The van der Waals surface area contributed by atoms with E-state index < -0.39 is 9.84 Å². The summed E-state index contributed by atoms with van der Waals surface area (Å²) in [5.41, 5.74) is 1.06. The maximum absolute atomic E-state index is 12.2. The Morgan fingerprint density at radius 2 is 2.09 bits per heavy atom. The van der Waals surface area contributed by atoms with Crippen LogP contribution in [0, 0.1) is 6.92 Å². The van der Waals surface area contributed by atoms with E-state index in [9.17, 15) is 13.2 Å². The first kappa shape index (κ1) is 16.4. The van der Waals surface area contributed by atoms with Gasteiger partial charge in [-0.3, -0.25) is 14.4 Å². The van der Waals surface area contributed by atoms with Crippen molar-refractivity contribution in [1.82, 2.24) is 20.0 Å². The molecule has 1 amide bonds. The van der Waals surface area contributed by atoms with Gasteiger partial charge in [0.15, 0.2) is 9.84 Å². The molecule has 2 atom stereocenters. The van der Waals surface area contributed by atoms with E-state index in [1.165, 1.54) is 0 Å². The van der Waals surface area contributed by atoms with Crippen molar-refractivity contribution in [3.8, 4) is 0 Å². The van der Waals surface area contributed by atoms with Crippen LogP contribution in [0.1, 0.15) is 24.8 Å². The normalized spacial score (nSPS) is 27.3. The van der Waals surface area contributed by atoms with Gasteiger partial charge in [0.05, 0.1) is 23.7 Å². The number of aryl methyl sites for hydroxylation is 2. The number of nitrogens with one attached hydrogen (secondary N) is 1. The van der Waals surface area contributed by atoms with Crippen molar-refractivity contribution >= 4 is 15.7 Å². The Hall–Kier alpha value is -1.41. The minimum atomic E-state index is -3.07. The molecule has 3 heterocycles. The van der Waals surface area contributed by atoms with Crippen LogP contribution in [0.2, 0.25) is 0 Å². The summed E-state index contributed by atoms with van der Waals surface area (Å²) in [6, 6.07) is -0.358. The van der Waals surface area contributed by atoms with Crippen LogP contribution < -0.4 is 5.32 Å². The van der Waals surface area contributed by atoms with Gasteiger partial charge in [-0.05, 0) is 38.4 Å². The van der Waals surface area contributed by atoms with E-state index in [2.05, 4.69) is 15.3 Å². The number of carbonyl (C=O) groups excluding carboxylic acids is 1. The summed E-state index contributed by atoms with van der Waals surface area (Å²) in [5, 5.41) is 7.09. The standard InChI is InChI=1S/C15H24N4O3S/c1-12-8-16-19(9-12)7-4-15(20)17-13-10-23(21,22)11-14(13)18-5-2-3-6-18/h8-9,13-14H,2-7,10-11H2,1H3,(H,17,20)/t13-,14-/m1/s1. The molecule has 0 radical (unpaired) electrons. The van der Waals surface area contributed by atoms with Crippen molar-refractivity contribution in [3.05, 3.63) is 18.0 Å². The fourth-order valence-electron chi connectivity index (χ4n) is 3.48. The molecule has 23 heavy (non-hydrogen) atoms. The van der Waals surface area contributed by atoms with Gasteiger partial charge >= 0.3 is 0 Å². The first-order valence-electron chi connectivity index (χ1n) is 8.16. The van der Waals surface area contributed by atoms with Gasteiger partial charge in [0, 0.05) is 25.2 Å². The molecule has 1 aromatic rings. The van der Waals surface area contributed by atoms with Gasteiger partial charge in [-0.1, -0.05) is 0 Å². The molecule has 0 unspecified atom stereocenters. The molecule has 2 aliphatic rings. The highest BCUT2D eigenvalue weighted by Crippen LogP contribution is 2.22. The average Bonchev–Trinajstić information content (AvgIpc) is 3.17. The molecule has 0 bridgehead atoms. The van der Waals surface area contributed by atoms with E-state index in [1.54, 1.807) is 10.9 Å². The first-order chi connectivity index (χ1) is 10.9. The summed E-state index contributed by atoms with van der Waals surface area (Å²) in [4.78, 5) is 14.4. The van der Waals surface area contributed by atoms with Crippen molar-refractivity contribution < 1.29 is 13.2 Å². The molecule has 1 N–H and O–H groups in total. The lowest BCUT2D eigenvalue weighted by molar-refractivity contribution is -0.122. The summed E-state index contributed by atoms with van der Waals surface area (Å²) in [7, 11) is -3.07. The second-order valence-corrected chi connectivity index (χ2v) is 8.75. The van der Waals surface area contributed by atoms with Crippen molar-refractivity contribution in [3.63, 3.8) is 0 Å². The fraction of sp³-hybridized carbons (Fsp3) is 0.733. The quantitative estimate of drug-likeness (QED) is 0.813. The number of carbonyl (C=O) groups is 1. The Bertz CT molecular complexity index is 664. The van der Waals surface area contributed by atoms with Crippen LogP contribution in [0.4, 0.5) is 0 Å². The molecule has 128 valence electrons. The SMILES string of the molecule is Cc1cnn(CCC(=O)N[C@@H]2CS(=O)(=O)C[C@H]2N2CCCC2)c1. The van der Waals surface area contributed by atoms with Crippen LogP contribution in [0.5, 0.6) is 0 Å². The average molecular weight is 340 g/mol. The molecular weight excluding hydrogens is 316 g/mol. The molecule has 7 nitrogen and oxygen atoms in total. The van der Waals surface area contributed by atoms with Crippen molar-refractivity contribution in [1.29, 1.82) is 0 Å². The molecule has 2 saturated heterocycles. The molecule has 3 rings (SSSR count). The van der Waals surface area contributed by atoms with Crippen molar-refractivity contribution in [2.75, 3.05) is 24.6 Å². The predicted octanol–water partition coefficient (Wildman–Crippen LogP) is -0.0408. The summed E-state index contributed by atoms with van der Waals surface area (Å²) < 4.78 is 25.7. The maximum atomic E-state index is 12.2. The fourth-order valence-corrected chi connectivity index (χ4v) is 5.44. The van der Waals surface area contributed by atoms with Crippen LogP contribution >= 0.6 is 0 Å². The number of aromatic nitrogens is 2. The van der Waals surface area contributed by atoms with Crippen molar-refractivity contribution in [2.24, 2.45) is 0 Å². The highest BCUT2D eigenvalue weighted by molar-refractivity contribution is 7.91. The third-order valence-electron chi connectivity index (χ3n) is 4.61. The molecule has 8 heteroatoms.